The predicted molar refractivity (Wildman–Crippen MR) is 101 cm³/mol. The van der Waals surface area contributed by atoms with E-state index in [9.17, 15) is 35.5 Å². The monoisotopic (exact) mass is 457 g/mol. The summed E-state index contributed by atoms with van der Waals surface area (Å²) < 4.78 is 87.9. The third-order valence-electron chi connectivity index (χ3n) is 3.94. The molecule has 0 aliphatic rings. The van der Waals surface area contributed by atoms with Gasteiger partial charge in [0.15, 0.2) is 0 Å². The highest BCUT2D eigenvalue weighted by Crippen LogP contribution is 2.49. The number of rotatable bonds is 13. The largest absolute Gasteiger partial charge is 0.431 e. The molecule has 0 radical (unpaired) electrons. The molecule has 0 fully saturated rings. The van der Waals surface area contributed by atoms with Crippen LogP contribution in [0.2, 0.25) is 0 Å². The highest BCUT2D eigenvalue weighted by atomic mass is 32.2. The highest BCUT2D eigenvalue weighted by molar-refractivity contribution is 7.99. The van der Waals surface area contributed by atoms with Crippen molar-refractivity contribution in [2.24, 2.45) is 0 Å². The van der Waals surface area contributed by atoms with Gasteiger partial charge in [0, 0.05) is 37.6 Å². The molecular weight excluding hydrogens is 427 g/mol. The van der Waals surface area contributed by atoms with Crippen LogP contribution in [0.15, 0.2) is 0 Å². The van der Waals surface area contributed by atoms with Crippen molar-refractivity contribution < 1.29 is 35.5 Å². The molecule has 29 heavy (non-hydrogen) atoms. The van der Waals surface area contributed by atoms with Crippen LogP contribution in [-0.4, -0.2) is 66.6 Å². The van der Waals surface area contributed by atoms with Crippen molar-refractivity contribution in [3.63, 3.8) is 0 Å². The number of nitrogens with one attached hydrogen (secondary N) is 3. The van der Waals surface area contributed by atoms with Crippen molar-refractivity contribution in [1.29, 1.82) is 0 Å². The van der Waals surface area contributed by atoms with Crippen LogP contribution in [0.4, 0.5) is 30.7 Å². The maximum Gasteiger partial charge on any atom is 0.431 e. The molecule has 0 saturated heterocycles. The SMILES string of the molecule is CC(C)NCC(C)(C)NCCNC(=O)CSCCCC(F)(C(F)(F)F)C(F)(F)F. The van der Waals surface area contributed by atoms with Crippen LogP contribution in [0.1, 0.15) is 40.5 Å². The molecule has 0 bridgehead atoms. The predicted octanol–water partition coefficient (Wildman–Crippen LogP) is 3.82. The maximum atomic E-state index is 13.4. The van der Waals surface area contributed by atoms with Crippen LogP contribution < -0.4 is 16.0 Å². The Kier molecular flexibility index (Phi) is 11.3. The van der Waals surface area contributed by atoms with Crippen LogP contribution in [0.3, 0.4) is 0 Å². The Bertz CT molecular complexity index is 482. The second-order valence-corrected chi connectivity index (χ2v) is 8.75. The Morgan fingerprint density at radius 1 is 0.966 bits per heavy atom. The molecule has 0 unspecified atom stereocenters. The summed E-state index contributed by atoms with van der Waals surface area (Å²) >= 11 is 0.854. The smallest absolute Gasteiger partial charge is 0.354 e. The van der Waals surface area contributed by atoms with Gasteiger partial charge >= 0.3 is 12.4 Å². The van der Waals surface area contributed by atoms with E-state index in [2.05, 4.69) is 16.0 Å². The third kappa shape index (κ3) is 10.7. The topological polar surface area (TPSA) is 53.2 Å². The number of halogens is 7. The Morgan fingerprint density at radius 3 is 2.00 bits per heavy atom. The van der Waals surface area contributed by atoms with E-state index in [1.807, 2.05) is 27.7 Å². The molecule has 0 aromatic rings. The van der Waals surface area contributed by atoms with E-state index in [1.165, 1.54) is 0 Å². The lowest BCUT2D eigenvalue weighted by Gasteiger charge is -2.29. The lowest BCUT2D eigenvalue weighted by molar-refractivity contribution is -0.343. The molecule has 0 aromatic heterocycles. The van der Waals surface area contributed by atoms with Crippen molar-refractivity contribution >= 4 is 17.7 Å². The zero-order valence-electron chi connectivity index (χ0n) is 17.0. The van der Waals surface area contributed by atoms with Gasteiger partial charge in [-0.05, 0) is 26.0 Å². The first-order valence-electron chi connectivity index (χ1n) is 9.17. The molecular formula is C17H30F7N3OS. The van der Waals surface area contributed by atoms with Gasteiger partial charge in [-0.25, -0.2) is 4.39 Å². The Morgan fingerprint density at radius 2 is 1.52 bits per heavy atom. The number of alkyl halides is 7. The summed E-state index contributed by atoms with van der Waals surface area (Å²) in [6.45, 7) is 9.56. The fraction of sp³-hybridized carbons (Fsp3) is 0.941. The van der Waals surface area contributed by atoms with Crippen molar-refractivity contribution in [3.05, 3.63) is 0 Å². The van der Waals surface area contributed by atoms with Crippen LogP contribution in [0, 0.1) is 0 Å². The van der Waals surface area contributed by atoms with Gasteiger partial charge in [-0.15, -0.1) is 0 Å². The van der Waals surface area contributed by atoms with Gasteiger partial charge in [0.25, 0.3) is 5.67 Å². The van der Waals surface area contributed by atoms with Gasteiger partial charge in [0.05, 0.1) is 5.75 Å². The first-order valence-corrected chi connectivity index (χ1v) is 10.3. The quantitative estimate of drug-likeness (QED) is 0.291. The fourth-order valence-electron chi connectivity index (χ4n) is 2.20. The van der Waals surface area contributed by atoms with E-state index in [0.717, 1.165) is 18.3 Å². The van der Waals surface area contributed by atoms with E-state index in [-0.39, 0.29) is 17.0 Å². The van der Waals surface area contributed by atoms with E-state index in [1.54, 1.807) is 0 Å². The first-order chi connectivity index (χ1) is 13.0. The number of thioether (sulfide) groups is 1. The molecule has 0 aliphatic heterocycles. The summed E-state index contributed by atoms with van der Waals surface area (Å²) in [7, 11) is 0. The summed E-state index contributed by atoms with van der Waals surface area (Å²) in [4.78, 5) is 11.7. The van der Waals surface area contributed by atoms with Crippen molar-refractivity contribution in [2.45, 2.75) is 70.1 Å². The van der Waals surface area contributed by atoms with Gasteiger partial charge < -0.3 is 16.0 Å². The number of amides is 1. The van der Waals surface area contributed by atoms with E-state index >= 15 is 0 Å². The Balaban J connectivity index is 4.06. The molecule has 174 valence electrons. The molecule has 0 rings (SSSR count). The van der Waals surface area contributed by atoms with Crippen LogP contribution in [0.5, 0.6) is 0 Å². The molecule has 12 heteroatoms. The number of carbonyl (C=O) groups is 1. The van der Waals surface area contributed by atoms with Crippen LogP contribution in [-0.2, 0) is 4.79 Å². The minimum atomic E-state index is -6.03. The van der Waals surface area contributed by atoms with Gasteiger partial charge in [0.2, 0.25) is 5.91 Å². The lowest BCUT2D eigenvalue weighted by Crippen LogP contribution is -2.53. The summed E-state index contributed by atoms with van der Waals surface area (Å²) in [5.41, 5.74) is -5.43. The standard InChI is InChI=1S/C17H30F7N3OS/c1-12(2)26-11-14(3,4)27-8-7-25-13(28)10-29-9-5-6-15(18,16(19,20)21)17(22,23)24/h12,26-27H,5-11H2,1-4H3,(H,25,28). The molecule has 1 amide bonds. The van der Waals surface area contributed by atoms with Crippen molar-refractivity contribution in [3.8, 4) is 0 Å². The van der Waals surface area contributed by atoms with Crippen LogP contribution >= 0.6 is 11.8 Å². The van der Waals surface area contributed by atoms with E-state index in [4.69, 9.17) is 0 Å². The zero-order valence-corrected chi connectivity index (χ0v) is 17.8. The van der Waals surface area contributed by atoms with Crippen molar-refractivity contribution in [1.82, 2.24) is 16.0 Å². The summed E-state index contributed by atoms with van der Waals surface area (Å²) in [6.07, 6.45) is -14.4. The zero-order chi connectivity index (χ0) is 22.9. The van der Waals surface area contributed by atoms with Gasteiger partial charge in [0.1, 0.15) is 0 Å². The van der Waals surface area contributed by atoms with E-state index < -0.39 is 36.8 Å². The lowest BCUT2D eigenvalue weighted by atomic mass is 9.99. The third-order valence-corrected chi connectivity index (χ3v) is 4.99. The second kappa shape index (κ2) is 11.6. The van der Waals surface area contributed by atoms with Crippen LogP contribution in [0.25, 0.3) is 0 Å². The van der Waals surface area contributed by atoms with E-state index in [0.29, 0.717) is 19.1 Å². The Labute approximate surface area is 171 Å². The second-order valence-electron chi connectivity index (χ2n) is 7.65. The summed E-state index contributed by atoms with van der Waals surface area (Å²) in [6, 6.07) is 0.336. The normalized spacial score (nSPS) is 13.8. The molecule has 0 aromatic carbocycles. The number of hydrogen-bond donors (Lipinski definition) is 3. The molecule has 4 nitrogen and oxygen atoms in total. The molecule has 3 N–H and O–H groups in total. The summed E-state index contributed by atoms with van der Waals surface area (Å²) in [5, 5.41) is 9.13. The molecule has 0 heterocycles. The highest BCUT2D eigenvalue weighted by Gasteiger charge is 2.71. The average molecular weight is 458 g/mol. The number of hydrogen-bond acceptors (Lipinski definition) is 4. The Hall–Kier alpha value is -0.750. The fourth-order valence-corrected chi connectivity index (χ4v) is 2.98. The first kappa shape index (κ1) is 28.2. The number of carbonyl (C=O) groups excluding carboxylic acids is 1. The maximum absolute atomic E-state index is 13.4. The molecule has 0 atom stereocenters. The van der Waals surface area contributed by atoms with Gasteiger partial charge in [-0.3, -0.25) is 4.79 Å². The molecule has 0 saturated carbocycles. The van der Waals surface area contributed by atoms with Gasteiger partial charge in [-0.2, -0.15) is 38.1 Å². The van der Waals surface area contributed by atoms with Gasteiger partial charge in [-0.1, -0.05) is 13.8 Å². The molecule has 0 aliphatic carbocycles. The molecule has 0 spiro atoms. The minimum Gasteiger partial charge on any atom is -0.354 e. The van der Waals surface area contributed by atoms with Crippen molar-refractivity contribution in [2.75, 3.05) is 31.1 Å². The summed E-state index contributed by atoms with van der Waals surface area (Å²) in [5.74, 6) is -0.722. The minimum absolute atomic E-state index is 0.129. The average Bonchev–Trinajstić information content (AvgIpc) is 2.54.